The Morgan fingerprint density at radius 3 is 0.942 bits per heavy atom. The maximum absolute atomic E-state index is 5.63. The summed E-state index contributed by atoms with van der Waals surface area (Å²) in [6, 6.07) is 80.8. The van der Waals surface area contributed by atoms with E-state index >= 15 is 0 Å². The van der Waals surface area contributed by atoms with E-state index in [1.54, 1.807) is 7.11 Å². The predicted octanol–water partition coefficient (Wildman–Crippen LogP) is 18.7. The third kappa shape index (κ3) is 6.35. The van der Waals surface area contributed by atoms with Crippen LogP contribution in [0.1, 0.15) is 16.7 Å². The maximum atomic E-state index is 5.63. The molecule has 0 aliphatic heterocycles. The third-order valence-electron chi connectivity index (χ3n) is 14.4. The lowest BCUT2D eigenvalue weighted by Crippen LogP contribution is -2.10. The number of methoxy groups -OCH3 is 1. The topological polar surface area (TPSA) is 15.7 Å². The second-order valence-electron chi connectivity index (χ2n) is 18.6. The molecule has 0 heterocycles. The van der Waals surface area contributed by atoms with Gasteiger partial charge in [0.2, 0.25) is 0 Å². The number of ether oxygens (including phenoxy) is 1. The van der Waals surface area contributed by atoms with E-state index in [0.717, 1.165) is 39.9 Å². The SMILES string of the molecule is COc1ccc(N(c2ccc(C)cc2)c2ccc3c4c(-c5ccccc5)c5c6ccc(N(c7ccc(C)cc7)c7ccc(C)cc7)c7cccc(c5c(-c5ccccc5)c4c4cccc2c43)c76)cc1. The van der Waals surface area contributed by atoms with E-state index in [1.165, 1.54) is 104 Å². The molecule has 13 aromatic rings. The molecule has 13 rings (SSSR count). The van der Waals surface area contributed by atoms with Gasteiger partial charge in [0.05, 0.1) is 18.5 Å². The highest BCUT2D eigenvalue weighted by molar-refractivity contribution is 6.47. The summed E-state index contributed by atoms with van der Waals surface area (Å²) < 4.78 is 5.63. The first-order chi connectivity index (χ1) is 33.9. The summed E-state index contributed by atoms with van der Waals surface area (Å²) >= 11 is 0. The molecular formula is C66H48N2O. The molecule has 3 heteroatoms. The molecule has 0 spiro atoms. The average molecular weight is 885 g/mol. The van der Waals surface area contributed by atoms with Crippen LogP contribution in [0.3, 0.4) is 0 Å². The number of fused-ring (bicyclic) bond motifs is 6. The second kappa shape index (κ2) is 16.0. The quantitative estimate of drug-likeness (QED) is 0.144. The Labute approximate surface area is 402 Å². The first kappa shape index (κ1) is 40.6. The first-order valence-corrected chi connectivity index (χ1v) is 23.9. The summed E-state index contributed by atoms with van der Waals surface area (Å²) in [5, 5.41) is 15.2. The Balaban J connectivity index is 1.18. The minimum absolute atomic E-state index is 0.830. The zero-order valence-electron chi connectivity index (χ0n) is 39.1. The molecule has 69 heavy (non-hydrogen) atoms. The molecule has 0 saturated heterocycles. The minimum Gasteiger partial charge on any atom is -0.497 e. The van der Waals surface area contributed by atoms with Crippen LogP contribution in [0.25, 0.3) is 86.9 Å². The number of hydrogen-bond acceptors (Lipinski definition) is 3. The molecule has 0 aliphatic rings. The van der Waals surface area contributed by atoms with Crippen molar-refractivity contribution < 1.29 is 4.74 Å². The van der Waals surface area contributed by atoms with Crippen LogP contribution in [0.5, 0.6) is 5.75 Å². The molecule has 3 nitrogen and oxygen atoms in total. The Bertz CT molecular complexity index is 3890. The van der Waals surface area contributed by atoms with Gasteiger partial charge in [-0.15, -0.1) is 0 Å². The van der Waals surface area contributed by atoms with Crippen molar-refractivity contribution in [1.29, 1.82) is 0 Å². The molecule has 0 radical (unpaired) electrons. The molecule has 0 bridgehead atoms. The maximum Gasteiger partial charge on any atom is 0.119 e. The van der Waals surface area contributed by atoms with Crippen LogP contribution in [-0.2, 0) is 0 Å². The van der Waals surface area contributed by atoms with Gasteiger partial charge in [0.15, 0.2) is 0 Å². The Morgan fingerprint density at radius 1 is 0.275 bits per heavy atom. The zero-order chi connectivity index (χ0) is 46.3. The summed E-state index contributed by atoms with van der Waals surface area (Å²) in [7, 11) is 1.72. The van der Waals surface area contributed by atoms with Gasteiger partial charge in [-0.3, -0.25) is 0 Å². The Hall–Kier alpha value is -8.66. The van der Waals surface area contributed by atoms with Crippen LogP contribution in [0.2, 0.25) is 0 Å². The lowest BCUT2D eigenvalue weighted by atomic mass is 9.87. The number of nitrogens with zero attached hydrogens (tertiary/aromatic N) is 2. The lowest BCUT2D eigenvalue weighted by molar-refractivity contribution is 0.415. The van der Waals surface area contributed by atoms with Gasteiger partial charge in [0, 0.05) is 33.5 Å². The van der Waals surface area contributed by atoms with E-state index in [1.807, 2.05) is 0 Å². The number of rotatable bonds is 9. The average Bonchev–Trinajstić information content (AvgIpc) is 3.91. The van der Waals surface area contributed by atoms with Crippen molar-refractivity contribution in [3.63, 3.8) is 0 Å². The van der Waals surface area contributed by atoms with Gasteiger partial charge in [-0.1, -0.05) is 162 Å². The van der Waals surface area contributed by atoms with Crippen LogP contribution < -0.4 is 14.5 Å². The molecule has 0 atom stereocenters. The van der Waals surface area contributed by atoms with Crippen LogP contribution in [0, 0.1) is 20.8 Å². The minimum atomic E-state index is 0.830. The van der Waals surface area contributed by atoms with Gasteiger partial charge in [0.25, 0.3) is 0 Å². The van der Waals surface area contributed by atoms with Crippen molar-refractivity contribution in [3.05, 3.63) is 235 Å². The number of hydrogen-bond donors (Lipinski definition) is 0. The molecular weight excluding hydrogens is 837 g/mol. The molecule has 0 fully saturated rings. The fraction of sp³-hybridized carbons (Fsp3) is 0.0606. The van der Waals surface area contributed by atoms with Gasteiger partial charge in [-0.2, -0.15) is 0 Å². The van der Waals surface area contributed by atoms with E-state index in [2.05, 4.69) is 249 Å². The highest BCUT2D eigenvalue weighted by Crippen LogP contribution is 2.57. The number of anilines is 6. The smallest absolute Gasteiger partial charge is 0.119 e. The fourth-order valence-corrected chi connectivity index (χ4v) is 11.3. The van der Waals surface area contributed by atoms with Crippen molar-refractivity contribution in [2.24, 2.45) is 0 Å². The summed E-state index contributed by atoms with van der Waals surface area (Å²) in [6.07, 6.45) is 0. The van der Waals surface area contributed by atoms with Crippen molar-refractivity contribution in [3.8, 4) is 28.0 Å². The number of aryl methyl sites for hydroxylation is 3. The van der Waals surface area contributed by atoms with Crippen LogP contribution in [-0.4, -0.2) is 7.11 Å². The molecule has 0 unspecified atom stereocenters. The van der Waals surface area contributed by atoms with Gasteiger partial charge in [-0.25, -0.2) is 0 Å². The van der Waals surface area contributed by atoms with Gasteiger partial charge >= 0.3 is 0 Å². The number of benzene rings is 11. The predicted molar refractivity (Wildman–Crippen MR) is 295 cm³/mol. The van der Waals surface area contributed by atoms with Crippen LogP contribution in [0.4, 0.5) is 34.1 Å². The van der Waals surface area contributed by atoms with E-state index in [9.17, 15) is 0 Å². The van der Waals surface area contributed by atoms with Gasteiger partial charge in [0.1, 0.15) is 5.75 Å². The van der Waals surface area contributed by atoms with Crippen molar-refractivity contribution in [2.45, 2.75) is 20.8 Å². The molecule has 13 aromatic carbocycles. The van der Waals surface area contributed by atoms with E-state index in [-0.39, 0.29) is 0 Å². The van der Waals surface area contributed by atoms with Crippen LogP contribution in [0.15, 0.2) is 218 Å². The van der Waals surface area contributed by atoms with Crippen molar-refractivity contribution in [2.75, 3.05) is 16.9 Å². The molecule has 0 aliphatic carbocycles. The van der Waals surface area contributed by atoms with Gasteiger partial charge < -0.3 is 14.5 Å². The van der Waals surface area contributed by atoms with E-state index in [4.69, 9.17) is 4.74 Å². The van der Waals surface area contributed by atoms with E-state index in [0.29, 0.717) is 0 Å². The molecule has 0 N–H and O–H groups in total. The molecule has 0 aromatic heterocycles. The third-order valence-corrected chi connectivity index (χ3v) is 14.4. The fourth-order valence-electron chi connectivity index (χ4n) is 11.3. The monoisotopic (exact) mass is 884 g/mol. The summed E-state index contributed by atoms with van der Waals surface area (Å²) in [6.45, 7) is 6.46. The Kier molecular flexibility index (Phi) is 9.42. The second-order valence-corrected chi connectivity index (χ2v) is 18.6. The largest absolute Gasteiger partial charge is 0.497 e. The summed E-state index contributed by atoms with van der Waals surface area (Å²) in [4.78, 5) is 4.83. The molecule has 0 saturated carbocycles. The Morgan fingerprint density at radius 2 is 0.594 bits per heavy atom. The highest BCUT2D eigenvalue weighted by atomic mass is 16.5. The summed E-state index contributed by atoms with van der Waals surface area (Å²) in [5.41, 5.74) is 15.4. The summed E-state index contributed by atoms with van der Waals surface area (Å²) in [5.74, 6) is 0.830. The normalized spacial score (nSPS) is 11.8. The van der Waals surface area contributed by atoms with Crippen molar-refractivity contribution >= 4 is 98.8 Å². The first-order valence-electron chi connectivity index (χ1n) is 23.9. The zero-order valence-corrected chi connectivity index (χ0v) is 39.1. The molecule has 0 amide bonds. The lowest BCUT2D eigenvalue weighted by Gasteiger charge is -2.27. The van der Waals surface area contributed by atoms with Crippen molar-refractivity contribution in [1.82, 2.24) is 0 Å². The highest BCUT2D eigenvalue weighted by Gasteiger charge is 2.30. The van der Waals surface area contributed by atoms with Crippen LogP contribution >= 0.6 is 0 Å². The van der Waals surface area contributed by atoms with E-state index < -0.39 is 0 Å². The van der Waals surface area contributed by atoms with Gasteiger partial charge in [-0.05, 0) is 170 Å². The standard InChI is InChI=1S/C66H48N2O/c1-41-21-27-46(28-22-41)67(47-29-23-42(2)24-30-47)57-39-37-55-61-51(57)17-11-19-53(61)63-59(44-13-7-5-8-14-44)64-54-20-12-18-52-58(68(48-31-25-43(3)26-32-48)49-33-35-50(69-4)36-34-49)40-38-56(62(52)54)66(64)60(65(55)63)45-15-9-6-10-16-45/h5-40H,1-4H3. The molecule has 328 valence electrons.